The van der Waals surface area contributed by atoms with Crippen LogP contribution in [0.5, 0.6) is 0 Å². The van der Waals surface area contributed by atoms with Gasteiger partial charge in [-0.05, 0) is 11.1 Å². The summed E-state index contributed by atoms with van der Waals surface area (Å²) in [5.41, 5.74) is -0.475. The molecule has 0 bridgehead atoms. The van der Waals surface area contributed by atoms with E-state index in [0.717, 1.165) is 18.2 Å². The van der Waals surface area contributed by atoms with Gasteiger partial charge < -0.3 is 4.74 Å². The van der Waals surface area contributed by atoms with E-state index in [-0.39, 0.29) is 0 Å². The Balaban J connectivity index is 2.42. The van der Waals surface area contributed by atoms with Gasteiger partial charge in [-0.1, -0.05) is 42.5 Å². The standard InChI is InChI=1S/C14H12ClNO4/c1-20-13(17)14(16(18)19)8-7-11(9-12(14)15)10-5-3-2-4-6-10/h2-9,12H,1H3. The van der Waals surface area contributed by atoms with E-state index < -0.39 is 21.8 Å². The molecule has 0 saturated heterocycles. The van der Waals surface area contributed by atoms with E-state index in [2.05, 4.69) is 4.74 Å². The van der Waals surface area contributed by atoms with Gasteiger partial charge in [0.05, 0.1) is 7.11 Å². The molecule has 0 spiro atoms. The quantitative estimate of drug-likeness (QED) is 0.371. The number of nitro groups is 1. The molecular weight excluding hydrogens is 282 g/mol. The molecule has 1 aromatic rings. The number of alkyl halides is 1. The zero-order valence-corrected chi connectivity index (χ0v) is 11.4. The number of carbonyl (C=O) groups excluding carboxylic acids is 1. The summed E-state index contributed by atoms with van der Waals surface area (Å²) < 4.78 is 4.52. The summed E-state index contributed by atoms with van der Waals surface area (Å²) in [5.74, 6) is -0.984. The Labute approximate surface area is 120 Å². The van der Waals surface area contributed by atoms with Crippen LogP contribution in [0.2, 0.25) is 0 Å². The highest BCUT2D eigenvalue weighted by molar-refractivity contribution is 6.25. The minimum absolute atomic E-state index is 0.717. The Kier molecular flexibility index (Phi) is 3.90. The first-order valence-corrected chi connectivity index (χ1v) is 6.29. The highest BCUT2D eigenvalue weighted by Gasteiger charge is 2.57. The van der Waals surface area contributed by atoms with Crippen LogP contribution >= 0.6 is 11.6 Å². The van der Waals surface area contributed by atoms with Crippen molar-refractivity contribution < 1.29 is 14.5 Å². The molecule has 1 aliphatic carbocycles. The van der Waals surface area contributed by atoms with Gasteiger partial charge in [0.1, 0.15) is 5.38 Å². The highest BCUT2D eigenvalue weighted by Crippen LogP contribution is 2.33. The van der Waals surface area contributed by atoms with Crippen molar-refractivity contribution in [3.8, 4) is 0 Å². The summed E-state index contributed by atoms with van der Waals surface area (Å²) in [7, 11) is 1.10. The van der Waals surface area contributed by atoms with E-state index in [9.17, 15) is 14.9 Å². The smallest absolute Gasteiger partial charge is 0.390 e. The van der Waals surface area contributed by atoms with Gasteiger partial charge in [-0.25, -0.2) is 4.79 Å². The van der Waals surface area contributed by atoms with E-state index in [1.165, 1.54) is 18.2 Å². The van der Waals surface area contributed by atoms with Crippen LogP contribution in [0.25, 0.3) is 5.57 Å². The molecule has 6 heteroatoms. The van der Waals surface area contributed by atoms with Crippen molar-refractivity contribution in [3.05, 3.63) is 64.2 Å². The Morgan fingerprint density at radius 2 is 2.05 bits per heavy atom. The van der Waals surface area contributed by atoms with Crippen molar-refractivity contribution in [2.24, 2.45) is 0 Å². The molecule has 0 saturated carbocycles. The zero-order valence-electron chi connectivity index (χ0n) is 10.7. The number of hydrogen-bond donors (Lipinski definition) is 0. The Morgan fingerprint density at radius 1 is 1.40 bits per heavy atom. The summed E-state index contributed by atoms with van der Waals surface area (Å²) in [6.07, 6.45) is 4.21. The van der Waals surface area contributed by atoms with Gasteiger partial charge in [0.2, 0.25) is 0 Å². The normalized spacial score (nSPS) is 24.9. The first-order valence-electron chi connectivity index (χ1n) is 5.86. The number of hydrogen-bond acceptors (Lipinski definition) is 4. The number of allylic oxidation sites excluding steroid dienone is 2. The van der Waals surface area contributed by atoms with Gasteiger partial charge >= 0.3 is 11.5 Å². The van der Waals surface area contributed by atoms with Gasteiger partial charge in [0.15, 0.2) is 0 Å². The van der Waals surface area contributed by atoms with Crippen LogP contribution < -0.4 is 0 Å². The largest absolute Gasteiger partial charge is 0.463 e. The third-order valence-corrected chi connectivity index (χ3v) is 3.64. The molecule has 2 rings (SSSR count). The molecule has 1 aliphatic rings. The lowest BCUT2D eigenvalue weighted by atomic mass is 9.86. The molecule has 0 fully saturated rings. The number of nitrogens with zero attached hydrogens (tertiary/aromatic N) is 1. The van der Waals surface area contributed by atoms with Crippen molar-refractivity contribution >= 4 is 23.1 Å². The summed E-state index contributed by atoms with van der Waals surface area (Å²) in [4.78, 5) is 22.3. The third-order valence-electron chi connectivity index (χ3n) is 3.18. The first kappa shape index (κ1) is 14.3. The predicted molar refractivity (Wildman–Crippen MR) is 74.9 cm³/mol. The van der Waals surface area contributed by atoms with Crippen LogP contribution in [0.3, 0.4) is 0 Å². The number of methoxy groups -OCH3 is 1. The topological polar surface area (TPSA) is 69.4 Å². The number of ether oxygens (including phenoxy) is 1. The Morgan fingerprint density at radius 3 is 2.55 bits per heavy atom. The number of rotatable bonds is 3. The van der Waals surface area contributed by atoms with Crippen molar-refractivity contribution in [2.45, 2.75) is 10.9 Å². The summed E-state index contributed by atoms with van der Waals surface area (Å²) in [6.45, 7) is 0. The Bertz CT molecular complexity index is 596. The third kappa shape index (κ3) is 2.20. The summed E-state index contributed by atoms with van der Waals surface area (Å²) in [5, 5.41) is 10.1. The van der Waals surface area contributed by atoms with Crippen LogP contribution in [0.1, 0.15) is 5.56 Å². The maximum Gasteiger partial charge on any atom is 0.390 e. The van der Waals surface area contributed by atoms with Crippen molar-refractivity contribution in [3.63, 3.8) is 0 Å². The van der Waals surface area contributed by atoms with Gasteiger partial charge in [0.25, 0.3) is 0 Å². The average Bonchev–Trinajstić information content (AvgIpc) is 2.47. The fourth-order valence-electron chi connectivity index (χ4n) is 2.05. The maximum atomic E-state index is 11.8. The van der Waals surface area contributed by atoms with E-state index in [0.29, 0.717) is 0 Å². The second-order valence-electron chi connectivity index (χ2n) is 4.30. The Hall–Kier alpha value is -2.14. The molecule has 104 valence electrons. The SMILES string of the molecule is COC(=O)C1([N+](=O)[O-])C=CC(c2ccccc2)=CC1Cl. The molecule has 20 heavy (non-hydrogen) atoms. The summed E-state index contributed by atoms with van der Waals surface area (Å²) in [6, 6.07) is 9.28. The van der Waals surface area contributed by atoms with Crippen LogP contribution in [0, 0.1) is 10.1 Å². The molecule has 5 nitrogen and oxygen atoms in total. The average molecular weight is 294 g/mol. The van der Waals surface area contributed by atoms with E-state index >= 15 is 0 Å². The minimum atomic E-state index is -2.07. The molecule has 2 unspecified atom stereocenters. The van der Waals surface area contributed by atoms with Gasteiger partial charge in [0, 0.05) is 11.0 Å². The number of benzene rings is 1. The molecule has 0 aliphatic heterocycles. The van der Waals surface area contributed by atoms with Crippen LogP contribution in [0.15, 0.2) is 48.6 Å². The minimum Gasteiger partial charge on any atom is -0.463 e. The van der Waals surface area contributed by atoms with Crippen molar-refractivity contribution in [1.29, 1.82) is 0 Å². The van der Waals surface area contributed by atoms with E-state index in [1.54, 1.807) is 0 Å². The number of carbonyl (C=O) groups is 1. The lowest BCUT2D eigenvalue weighted by Gasteiger charge is -2.25. The van der Waals surface area contributed by atoms with Crippen molar-refractivity contribution in [1.82, 2.24) is 0 Å². The van der Waals surface area contributed by atoms with E-state index in [4.69, 9.17) is 11.6 Å². The molecule has 0 amide bonds. The van der Waals surface area contributed by atoms with Crippen molar-refractivity contribution in [2.75, 3.05) is 7.11 Å². The van der Waals surface area contributed by atoms with Gasteiger partial charge in [-0.2, -0.15) is 0 Å². The first-order chi connectivity index (χ1) is 9.52. The number of halogens is 1. The van der Waals surface area contributed by atoms with E-state index in [1.807, 2.05) is 30.3 Å². The molecular formula is C14H12ClNO4. The monoisotopic (exact) mass is 293 g/mol. The van der Waals surface area contributed by atoms with Crippen LogP contribution in [0.4, 0.5) is 0 Å². The van der Waals surface area contributed by atoms with Gasteiger partial charge in [-0.3, -0.25) is 10.1 Å². The maximum absolute atomic E-state index is 11.8. The number of esters is 1. The second-order valence-corrected chi connectivity index (χ2v) is 4.77. The summed E-state index contributed by atoms with van der Waals surface area (Å²) >= 11 is 6.08. The fourth-order valence-corrected chi connectivity index (χ4v) is 2.43. The predicted octanol–water partition coefficient (Wildman–Crippen LogP) is 2.44. The molecule has 0 N–H and O–H groups in total. The molecule has 0 aromatic heterocycles. The van der Waals surface area contributed by atoms with Crippen LogP contribution in [-0.4, -0.2) is 28.9 Å². The lowest BCUT2D eigenvalue weighted by Crippen LogP contribution is -2.53. The fraction of sp³-hybridized carbons (Fsp3) is 0.214. The van der Waals surface area contributed by atoms with Gasteiger partial charge in [-0.15, -0.1) is 11.6 Å². The van der Waals surface area contributed by atoms with Crippen LogP contribution in [-0.2, 0) is 9.53 Å². The lowest BCUT2D eigenvalue weighted by molar-refractivity contribution is -0.539. The molecule has 0 heterocycles. The molecule has 2 atom stereocenters. The zero-order chi connectivity index (χ0) is 14.8. The second kappa shape index (κ2) is 5.46. The molecule has 1 aromatic carbocycles. The molecule has 0 radical (unpaired) electrons. The highest BCUT2D eigenvalue weighted by atomic mass is 35.5.